The molecular weight excluding hydrogens is 1090 g/mol. The number of hydrogen-bond donors (Lipinski definition) is 0. The van der Waals surface area contributed by atoms with Crippen LogP contribution in [-0.2, 0) is 85.6 Å². The van der Waals surface area contributed by atoms with Gasteiger partial charge in [-0.1, -0.05) is 53.3 Å². The van der Waals surface area contributed by atoms with E-state index >= 15 is 0 Å². The van der Waals surface area contributed by atoms with Gasteiger partial charge in [0.25, 0.3) is 0 Å². The molecule has 9 fully saturated rings. The van der Waals surface area contributed by atoms with Crippen LogP contribution in [0.4, 0.5) is 0 Å². The molecule has 0 N–H and O–H groups in total. The van der Waals surface area contributed by atoms with Crippen LogP contribution in [0, 0.1) is 29.6 Å². The molecule has 0 aromatic heterocycles. The second-order valence-corrected chi connectivity index (χ2v) is 27.9. The molecule has 0 amide bonds. The Hall–Kier alpha value is -4.20. The highest BCUT2D eigenvalue weighted by molar-refractivity contribution is 5.87. The van der Waals surface area contributed by atoms with Gasteiger partial charge in [-0.15, -0.1) is 0 Å². The minimum atomic E-state index is -0.859. The summed E-state index contributed by atoms with van der Waals surface area (Å²) in [6.45, 7) is 35.3. The van der Waals surface area contributed by atoms with E-state index in [4.69, 9.17) is 56.8 Å². The molecule has 0 spiro atoms. The average molecular weight is 1200 g/mol. The Labute approximate surface area is 507 Å². The third-order valence-corrected chi connectivity index (χ3v) is 18.3. The van der Waals surface area contributed by atoms with Crippen LogP contribution in [0.3, 0.4) is 0 Å². The molecule has 6 atom stereocenters. The molecule has 482 valence electrons. The summed E-state index contributed by atoms with van der Waals surface area (Å²) in [5, 5.41) is 0. The summed E-state index contributed by atoms with van der Waals surface area (Å²) in [6, 6.07) is 0. The van der Waals surface area contributed by atoms with Gasteiger partial charge in [0, 0.05) is 36.0 Å². The smallest absolute Gasteiger partial charge is 0.333 e. The lowest BCUT2D eigenvalue weighted by Crippen LogP contribution is -2.62. The second kappa shape index (κ2) is 29.9. The van der Waals surface area contributed by atoms with Crippen LogP contribution in [0.2, 0.25) is 0 Å². The van der Waals surface area contributed by atoms with Crippen molar-refractivity contribution in [3.05, 3.63) is 36.5 Å². The summed E-state index contributed by atoms with van der Waals surface area (Å²) in [4.78, 5) is 73.2. The highest BCUT2D eigenvalue weighted by atomic mass is 16.7. The van der Waals surface area contributed by atoms with Gasteiger partial charge in [0.1, 0.15) is 36.6 Å². The minimum Gasteiger partial charge on any atom is -0.460 e. The van der Waals surface area contributed by atoms with E-state index < -0.39 is 35.3 Å². The Kier molecular flexibility index (Phi) is 24.6. The van der Waals surface area contributed by atoms with E-state index in [0.29, 0.717) is 53.7 Å². The molecule has 3 heterocycles. The maximum absolute atomic E-state index is 13.2. The van der Waals surface area contributed by atoms with Gasteiger partial charge >= 0.3 is 35.8 Å². The zero-order valence-corrected chi connectivity index (χ0v) is 54.0. The van der Waals surface area contributed by atoms with Crippen molar-refractivity contribution in [1.29, 1.82) is 0 Å². The highest BCUT2D eigenvalue weighted by Gasteiger charge is 2.61. The standard InChI is InChI=1S/C26H40O6.C21H34O6.C20H32O6/c1-15(2)24(28)29-14-22-12-21(30-25(5,6)31-22)13-23(27)32-26(16(3)4)19-8-17-7-18(10-19)11-20(26)9-17;1-6-21(10-8-7-9-11-21)27-18(22)13-16-12-17(26-20(4,5)25-16)14-24-19(23)15(2)3;1-14(2)18(22)23-13-16-11-15(24-19(3,4)25-16)12-17(21)26-20(5)9-7-6-8-10-20/h16-22H,1,7-14H2,2-6H3;16-17H,2,6-14H2,1,3-5H3;15-16H,1,6-13H2,2-5H3. The molecule has 6 unspecified atom stereocenters. The van der Waals surface area contributed by atoms with Crippen LogP contribution < -0.4 is 0 Å². The molecule has 6 aliphatic carbocycles. The Morgan fingerprint density at radius 3 is 1.08 bits per heavy atom. The van der Waals surface area contributed by atoms with Crippen molar-refractivity contribution in [3.63, 3.8) is 0 Å². The molecule has 9 aliphatic rings. The second-order valence-electron chi connectivity index (χ2n) is 27.9. The van der Waals surface area contributed by atoms with E-state index in [1.54, 1.807) is 48.5 Å². The maximum Gasteiger partial charge on any atom is 0.333 e. The molecule has 18 nitrogen and oxygen atoms in total. The first kappa shape index (κ1) is 69.9. The molecule has 18 heteroatoms. The van der Waals surface area contributed by atoms with Crippen molar-refractivity contribution >= 4 is 35.8 Å². The molecule has 9 rings (SSSR count). The van der Waals surface area contributed by atoms with Crippen LogP contribution >= 0.6 is 0 Å². The Bertz CT molecular complexity index is 2310. The van der Waals surface area contributed by atoms with Gasteiger partial charge < -0.3 is 56.8 Å². The summed E-state index contributed by atoms with van der Waals surface area (Å²) in [5.41, 5.74) is 0.0441. The molecule has 3 saturated heterocycles. The molecule has 0 radical (unpaired) electrons. The van der Waals surface area contributed by atoms with Crippen LogP contribution in [0.1, 0.15) is 231 Å². The van der Waals surface area contributed by atoms with Gasteiger partial charge in [0.2, 0.25) is 0 Å². The maximum atomic E-state index is 13.2. The molecule has 3 aliphatic heterocycles. The lowest BCUT2D eigenvalue weighted by molar-refractivity contribution is -0.306. The molecule has 0 aromatic rings. The van der Waals surface area contributed by atoms with Crippen molar-refractivity contribution < 1.29 is 85.6 Å². The molecule has 85 heavy (non-hydrogen) atoms. The molecule has 0 aromatic carbocycles. The lowest BCUT2D eigenvalue weighted by atomic mass is 9.47. The van der Waals surface area contributed by atoms with Gasteiger partial charge in [-0.2, -0.15) is 0 Å². The fraction of sp³-hybridized carbons (Fsp3) is 0.821. The summed E-state index contributed by atoms with van der Waals surface area (Å²) in [5.74, 6) is -1.58. The van der Waals surface area contributed by atoms with Gasteiger partial charge in [0.15, 0.2) is 17.4 Å². The molecule has 6 saturated carbocycles. The average Bonchev–Trinajstić information content (AvgIpc) is 0.989. The first-order valence-corrected chi connectivity index (χ1v) is 31.9. The summed E-state index contributed by atoms with van der Waals surface area (Å²) >= 11 is 0. The monoisotopic (exact) mass is 1200 g/mol. The van der Waals surface area contributed by atoms with Gasteiger partial charge in [-0.25, -0.2) is 14.4 Å². The first-order valence-electron chi connectivity index (χ1n) is 31.9. The predicted octanol–water partition coefficient (Wildman–Crippen LogP) is 12.5. The van der Waals surface area contributed by atoms with Crippen LogP contribution in [0.25, 0.3) is 0 Å². The fourth-order valence-electron chi connectivity index (χ4n) is 14.9. The number of carbonyl (C=O) groups is 6. The van der Waals surface area contributed by atoms with Crippen molar-refractivity contribution in [3.8, 4) is 0 Å². The van der Waals surface area contributed by atoms with E-state index in [1.807, 2.05) is 20.8 Å². The zero-order chi connectivity index (χ0) is 62.7. The number of carbonyl (C=O) groups excluding carboxylic acids is 6. The number of hydrogen-bond acceptors (Lipinski definition) is 18. The van der Waals surface area contributed by atoms with Gasteiger partial charge in [0.05, 0.1) is 55.9 Å². The van der Waals surface area contributed by atoms with Crippen molar-refractivity contribution in [2.75, 3.05) is 19.8 Å². The van der Waals surface area contributed by atoms with Crippen molar-refractivity contribution in [1.82, 2.24) is 0 Å². The Morgan fingerprint density at radius 2 is 0.753 bits per heavy atom. The minimum absolute atomic E-state index is 0.113. The topological polar surface area (TPSA) is 213 Å². The SMILES string of the molecule is C=C(C)C(=O)OCC1CC(CC(=O)OC2(C(C)C)C3CC4CC(C3)CC2C4)OC(C)(C)O1.C=C(C)C(=O)OCC1CC(CC(=O)OC2(C)CCCCC2)OC(C)(C)O1.C=C(C)C(=O)OCC1CC(CC(=O)OC2(CC)CCCCC2)OC(C)(C)O1. The van der Waals surface area contributed by atoms with E-state index in [-0.39, 0.29) is 110 Å². The first-order chi connectivity index (χ1) is 39.7. The largest absolute Gasteiger partial charge is 0.460 e. The molecule has 4 bridgehead atoms. The summed E-state index contributed by atoms with van der Waals surface area (Å²) in [6.07, 6.45) is 17.6. The van der Waals surface area contributed by atoms with Crippen molar-refractivity contribution in [2.24, 2.45) is 29.6 Å². The van der Waals surface area contributed by atoms with E-state index in [1.165, 1.54) is 44.9 Å². The number of ether oxygens (including phenoxy) is 12. The normalized spacial score (nSPS) is 31.8. The Morgan fingerprint density at radius 1 is 0.435 bits per heavy atom. The quantitative estimate of drug-likeness (QED) is 0.0629. The fourth-order valence-corrected chi connectivity index (χ4v) is 14.9. The van der Waals surface area contributed by atoms with Gasteiger partial charge in [-0.3, -0.25) is 14.4 Å². The van der Waals surface area contributed by atoms with Crippen LogP contribution in [0.15, 0.2) is 36.5 Å². The van der Waals surface area contributed by atoms with E-state index in [0.717, 1.165) is 69.6 Å². The third-order valence-electron chi connectivity index (χ3n) is 18.3. The van der Waals surface area contributed by atoms with Crippen LogP contribution in [0.5, 0.6) is 0 Å². The van der Waals surface area contributed by atoms with E-state index in [2.05, 4.69) is 40.5 Å². The van der Waals surface area contributed by atoms with E-state index in [9.17, 15) is 28.8 Å². The number of esters is 6. The Balaban J connectivity index is 0.000000206. The lowest BCUT2D eigenvalue weighted by Gasteiger charge is -2.62. The van der Waals surface area contributed by atoms with Crippen LogP contribution in [-0.4, -0.2) is 126 Å². The third kappa shape index (κ3) is 20.7. The summed E-state index contributed by atoms with van der Waals surface area (Å²) < 4.78 is 69.2. The van der Waals surface area contributed by atoms with Crippen molar-refractivity contribution in [2.45, 2.75) is 302 Å². The highest BCUT2D eigenvalue weighted by Crippen LogP contribution is 2.62. The zero-order valence-electron chi connectivity index (χ0n) is 54.0. The number of rotatable bonds is 20. The predicted molar refractivity (Wildman–Crippen MR) is 317 cm³/mol. The summed E-state index contributed by atoms with van der Waals surface area (Å²) in [7, 11) is 0. The molecular formula is C67H106O18. The van der Waals surface area contributed by atoms with Gasteiger partial charge in [-0.05, 0) is 189 Å².